The van der Waals surface area contributed by atoms with Crippen LogP contribution in [0.25, 0.3) is 11.7 Å². The van der Waals surface area contributed by atoms with Crippen molar-refractivity contribution in [2.24, 2.45) is 0 Å². The average Bonchev–Trinajstić information content (AvgIpc) is 2.43. The van der Waals surface area contributed by atoms with Crippen molar-refractivity contribution in [1.82, 2.24) is 14.6 Å². The van der Waals surface area contributed by atoms with E-state index >= 15 is 0 Å². The average molecular weight is 180 g/mol. The highest BCUT2D eigenvalue weighted by Crippen LogP contribution is 2.08. The molecule has 0 fully saturated rings. The summed E-state index contributed by atoms with van der Waals surface area (Å²) in [5, 5.41) is 4.61. The minimum atomic E-state index is 0.448. The number of halogens is 1. The van der Waals surface area contributed by atoms with Gasteiger partial charge in [-0.2, -0.15) is 5.10 Å². The minimum absolute atomic E-state index is 0.448. The van der Waals surface area contributed by atoms with E-state index in [0.717, 1.165) is 11.3 Å². The van der Waals surface area contributed by atoms with Gasteiger partial charge >= 0.3 is 0 Å². The lowest BCUT2D eigenvalue weighted by Gasteiger charge is -1.92. The van der Waals surface area contributed by atoms with Gasteiger partial charge in [-0.25, -0.2) is 9.50 Å². The summed E-state index contributed by atoms with van der Waals surface area (Å²) in [5.41, 5.74) is 1.54. The highest BCUT2D eigenvalue weighted by molar-refractivity contribution is 6.29. The van der Waals surface area contributed by atoms with Crippen LogP contribution in [0.3, 0.4) is 0 Å². The van der Waals surface area contributed by atoms with Crippen LogP contribution in [0.2, 0.25) is 5.15 Å². The highest BCUT2D eigenvalue weighted by atomic mass is 35.5. The number of imidazole rings is 1. The predicted octanol–water partition coefficient (Wildman–Crippen LogP) is 2.03. The van der Waals surface area contributed by atoms with Crippen molar-refractivity contribution in [2.75, 3.05) is 0 Å². The maximum atomic E-state index is 5.68. The summed E-state index contributed by atoms with van der Waals surface area (Å²) < 4.78 is 1.62. The molecule has 0 saturated heterocycles. The van der Waals surface area contributed by atoms with Crippen LogP contribution >= 0.6 is 11.6 Å². The molecule has 12 heavy (non-hydrogen) atoms. The van der Waals surface area contributed by atoms with Crippen LogP contribution < -0.4 is 0 Å². The zero-order valence-electron chi connectivity index (χ0n) is 6.24. The van der Waals surface area contributed by atoms with Crippen LogP contribution in [0.4, 0.5) is 0 Å². The van der Waals surface area contributed by atoms with E-state index in [-0.39, 0.29) is 0 Å². The second kappa shape index (κ2) is 2.60. The molecular weight excluding hydrogens is 174 g/mol. The normalized spacial score (nSPS) is 10.4. The minimum Gasteiger partial charge on any atom is -0.219 e. The molecule has 0 amide bonds. The third-order valence-electron chi connectivity index (χ3n) is 1.52. The Morgan fingerprint density at radius 1 is 1.50 bits per heavy atom. The molecule has 2 aromatic rings. The molecule has 0 bridgehead atoms. The molecule has 2 heterocycles. The third kappa shape index (κ3) is 1.08. The van der Waals surface area contributed by atoms with Gasteiger partial charge in [-0.15, -0.1) is 0 Å². The number of nitrogens with zero attached hydrogens (tertiary/aromatic N) is 3. The first-order chi connectivity index (χ1) is 5.79. The molecule has 0 spiro atoms. The Labute approximate surface area is 74.3 Å². The Bertz CT molecular complexity index is 433. The Morgan fingerprint density at radius 2 is 2.33 bits per heavy atom. The predicted molar refractivity (Wildman–Crippen MR) is 48.1 cm³/mol. The van der Waals surface area contributed by atoms with Gasteiger partial charge in [-0.3, -0.25) is 0 Å². The summed E-state index contributed by atoms with van der Waals surface area (Å²) >= 11 is 5.68. The van der Waals surface area contributed by atoms with Crippen LogP contribution in [0, 0.1) is 0 Å². The monoisotopic (exact) mass is 179 g/mol. The maximum Gasteiger partial charge on any atom is 0.155 e. The third-order valence-corrected chi connectivity index (χ3v) is 1.70. The molecule has 0 aromatic carbocycles. The molecule has 2 rings (SSSR count). The zero-order valence-corrected chi connectivity index (χ0v) is 6.99. The van der Waals surface area contributed by atoms with E-state index in [0.29, 0.717) is 5.15 Å². The first-order valence-electron chi connectivity index (χ1n) is 3.44. The zero-order chi connectivity index (χ0) is 8.55. The summed E-state index contributed by atoms with van der Waals surface area (Å²) in [4.78, 5) is 4.02. The molecule has 2 aromatic heterocycles. The summed E-state index contributed by atoms with van der Waals surface area (Å²) in [5.74, 6) is 0. The van der Waals surface area contributed by atoms with Crippen molar-refractivity contribution in [3.05, 3.63) is 35.8 Å². The topological polar surface area (TPSA) is 30.2 Å². The number of rotatable bonds is 1. The lowest BCUT2D eigenvalue weighted by Crippen LogP contribution is -1.91. The van der Waals surface area contributed by atoms with E-state index in [1.54, 1.807) is 16.8 Å². The van der Waals surface area contributed by atoms with E-state index in [1.165, 1.54) is 0 Å². The summed E-state index contributed by atoms with van der Waals surface area (Å²) in [6.45, 7) is 3.62. The van der Waals surface area contributed by atoms with Crippen molar-refractivity contribution in [3.63, 3.8) is 0 Å². The van der Waals surface area contributed by atoms with E-state index in [9.17, 15) is 0 Å². The van der Waals surface area contributed by atoms with Crippen molar-refractivity contribution in [2.45, 2.75) is 0 Å². The summed E-state index contributed by atoms with van der Waals surface area (Å²) in [6.07, 6.45) is 3.33. The van der Waals surface area contributed by atoms with Crippen LogP contribution in [0.5, 0.6) is 0 Å². The molecule has 0 aliphatic carbocycles. The van der Waals surface area contributed by atoms with E-state index in [4.69, 9.17) is 11.6 Å². The van der Waals surface area contributed by atoms with Gasteiger partial charge in [0, 0.05) is 0 Å². The van der Waals surface area contributed by atoms with Gasteiger partial charge in [0.2, 0.25) is 0 Å². The maximum absolute atomic E-state index is 5.68. The van der Waals surface area contributed by atoms with Gasteiger partial charge in [0.15, 0.2) is 5.65 Å². The molecule has 0 atom stereocenters. The number of fused-ring (bicyclic) bond motifs is 1. The van der Waals surface area contributed by atoms with Crippen molar-refractivity contribution in [3.8, 4) is 0 Å². The molecule has 60 valence electrons. The lowest BCUT2D eigenvalue weighted by atomic mass is 10.4. The Hall–Kier alpha value is -1.35. The number of hydrogen-bond donors (Lipinski definition) is 0. The first kappa shape index (κ1) is 7.31. The van der Waals surface area contributed by atoms with E-state index in [1.807, 2.05) is 12.1 Å². The smallest absolute Gasteiger partial charge is 0.155 e. The van der Waals surface area contributed by atoms with Gasteiger partial charge in [-0.05, 0) is 18.2 Å². The molecule has 0 aliphatic rings. The molecule has 0 N–H and O–H groups in total. The van der Waals surface area contributed by atoms with Crippen LogP contribution in [-0.2, 0) is 0 Å². The largest absolute Gasteiger partial charge is 0.219 e. The van der Waals surface area contributed by atoms with Crippen molar-refractivity contribution in [1.29, 1.82) is 0 Å². The Morgan fingerprint density at radius 3 is 3.08 bits per heavy atom. The molecule has 0 radical (unpaired) electrons. The SMILES string of the molecule is C=Cc1ccc2nc(Cl)cn2n1. The standard InChI is InChI=1S/C8H6ClN3/c1-2-6-3-4-8-10-7(9)5-12(8)11-6/h2-5H,1H2. The Balaban J connectivity index is 2.74. The molecule has 0 unspecified atom stereocenters. The van der Waals surface area contributed by atoms with Crippen molar-refractivity contribution >= 4 is 23.3 Å². The molecular formula is C8H6ClN3. The Kier molecular flexibility index (Phi) is 1.59. The molecule has 4 heteroatoms. The fourth-order valence-electron chi connectivity index (χ4n) is 0.977. The fourth-order valence-corrected chi connectivity index (χ4v) is 1.16. The lowest BCUT2D eigenvalue weighted by molar-refractivity contribution is 0.926. The van der Waals surface area contributed by atoms with Gasteiger partial charge < -0.3 is 0 Å². The molecule has 0 aliphatic heterocycles. The van der Waals surface area contributed by atoms with Crippen LogP contribution in [0.15, 0.2) is 24.9 Å². The number of aromatic nitrogens is 3. The highest BCUT2D eigenvalue weighted by Gasteiger charge is 1.98. The van der Waals surface area contributed by atoms with Crippen LogP contribution in [-0.4, -0.2) is 14.6 Å². The van der Waals surface area contributed by atoms with Crippen LogP contribution in [0.1, 0.15) is 5.69 Å². The van der Waals surface area contributed by atoms with Gasteiger partial charge in [0.1, 0.15) is 5.15 Å². The van der Waals surface area contributed by atoms with Gasteiger partial charge in [-0.1, -0.05) is 18.2 Å². The second-order valence-electron chi connectivity index (χ2n) is 2.33. The molecule has 0 saturated carbocycles. The second-order valence-corrected chi connectivity index (χ2v) is 2.72. The van der Waals surface area contributed by atoms with E-state index < -0.39 is 0 Å². The first-order valence-corrected chi connectivity index (χ1v) is 3.82. The van der Waals surface area contributed by atoms with Crippen molar-refractivity contribution < 1.29 is 0 Å². The van der Waals surface area contributed by atoms with Gasteiger partial charge in [0.25, 0.3) is 0 Å². The number of hydrogen-bond acceptors (Lipinski definition) is 2. The fraction of sp³-hybridized carbons (Fsp3) is 0. The quantitative estimate of drug-likeness (QED) is 0.671. The van der Waals surface area contributed by atoms with Gasteiger partial charge in [0.05, 0.1) is 11.9 Å². The van der Waals surface area contributed by atoms with E-state index in [2.05, 4.69) is 16.7 Å². The molecule has 3 nitrogen and oxygen atoms in total. The summed E-state index contributed by atoms with van der Waals surface area (Å²) in [7, 11) is 0. The summed E-state index contributed by atoms with van der Waals surface area (Å²) in [6, 6.07) is 3.68.